The fraction of sp³-hybridized carbons (Fsp3) is 0.267. The lowest BCUT2D eigenvalue weighted by molar-refractivity contribution is 0.0697. The second-order valence-electron chi connectivity index (χ2n) is 5.28. The van der Waals surface area contributed by atoms with Crippen molar-refractivity contribution >= 4 is 39.1 Å². The van der Waals surface area contributed by atoms with E-state index in [0.29, 0.717) is 23.7 Å². The molecule has 0 unspecified atom stereocenters. The van der Waals surface area contributed by atoms with Crippen LogP contribution in [0.4, 0.5) is 0 Å². The van der Waals surface area contributed by atoms with Gasteiger partial charge in [0.25, 0.3) is 5.91 Å². The summed E-state index contributed by atoms with van der Waals surface area (Å²) in [4.78, 5) is 13.9. The van der Waals surface area contributed by atoms with E-state index >= 15 is 0 Å². The molecule has 1 aromatic heterocycles. The van der Waals surface area contributed by atoms with Crippen LogP contribution in [0.1, 0.15) is 10.4 Å². The number of hydrogen-bond donors (Lipinski definition) is 0. The van der Waals surface area contributed by atoms with Gasteiger partial charge in [-0.15, -0.1) is 0 Å². The third-order valence-electron chi connectivity index (χ3n) is 3.82. The molecule has 6 nitrogen and oxygen atoms in total. The van der Waals surface area contributed by atoms with Crippen LogP contribution in [-0.4, -0.2) is 49.7 Å². The van der Waals surface area contributed by atoms with Gasteiger partial charge in [0.1, 0.15) is 6.26 Å². The van der Waals surface area contributed by atoms with E-state index in [1.807, 2.05) is 0 Å². The second-order valence-corrected chi connectivity index (χ2v) is 8.04. The van der Waals surface area contributed by atoms with E-state index in [0.717, 1.165) is 0 Å². The fourth-order valence-corrected chi connectivity index (χ4v) is 4.30. The molecule has 2 heterocycles. The number of carbonyl (C=O) groups excluding carboxylic acids is 1. The highest BCUT2D eigenvalue weighted by Gasteiger charge is 2.30. The molecular weight excluding hydrogens is 375 g/mol. The van der Waals surface area contributed by atoms with Crippen molar-refractivity contribution in [1.29, 1.82) is 0 Å². The van der Waals surface area contributed by atoms with E-state index in [-0.39, 0.29) is 28.9 Å². The van der Waals surface area contributed by atoms with Crippen LogP contribution in [0.25, 0.3) is 0 Å². The van der Waals surface area contributed by atoms with Crippen molar-refractivity contribution in [3.63, 3.8) is 0 Å². The van der Waals surface area contributed by atoms with Gasteiger partial charge in [-0.1, -0.05) is 23.2 Å². The zero-order valence-corrected chi connectivity index (χ0v) is 14.8. The second kappa shape index (κ2) is 6.76. The monoisotopic (exact) mass is 388 g/mol. The van der Waals surface area contributed by atoms with Gasteiger partial charge < -0.3 is 9.32 Å². The molecule has 0 radical (unpaired) electrons. The zero-order chi connectivity index (χ0) is 17.3. The van der Waals surface area contributed by atoms with E-state index in [4.69, 9.17) is 27.6 Å². The smallest absolute Gasteiger partial charge is 0.257 e. The van der Waals surface area contributed by atoms with E-state index in [1.165, 1.54) is 35.0 Å². The molecule has 128 valence electrons. The summed E-state index contributed by atoms with van der Waals surface area (Å²) >= 11 is 11.7. The van der Waals surface area contributed by atoms with Gasteiger partial charge in [-0.05, 0) is 24.3 Å². The lowest BCUT2D eigenvalue weighted by Gasteiger charge is -2.33. The van der Waals surface area contributed by atoms with E-state index in [1.54, 1.807) is 11.0 Å². The molecule has 9 heteroatoms. The molecule has 2 aromatic rings. The van der Waals surface area contributed by atoms with E-state index in [9.17, 15) is 13.2 Å². The predicted octanol–water partition coefficient (Wildman–Crippen LogP) is 2.73. The third-order valence-corrected chi connectivity index (χ3v) is 6.46. The average Bonchev–Trinajstić information content (AvgIpc) is 3.11. The van der Waals surface area contributed by atoms with Gasteiger partial charge in [0.2, 0.25) is 10.0 Å². The Morgan fingerprint density at radius 1 is 1.04 bits per heavy atom. The summed E-state index contributed by atoms with van der Waals surface area (Å²) in [6.07, 6.45) is 2.80. The Morgan fingerprint density at radius 2 is 1.75 bits per heavy atom. The van der Waals surface area contributed by atoms with Gasteiger partial charge in [0.15, 0.2) is 0 Å². The highest BCUT2D eigenvalue weighted by molar-refractivity contribution is 7.89. The third kappa shape index (κ3) is 3.30. The predicted molar refractivity (Wildman–Crippen MR) is 89.8 cm³/mol. The van der Waals surface area contributed by atoms with Crippen molar-refractivity contribution < 1.29 is 17.6 Å². The Bertz CT molecular complexity index is 844. The number of rotatable bonds is 3. The lowest BCUT2D eigenvalue weighted by Crippen LogP contribution is -2.50. The van der Waals surface area contributed by atoms with Gasteiger partial charge in [-0.25, -0.2) is 8.42 Å². The average molecular weight is 389 g/mol. The number of carbonyl (C=O) groups is 1. The molecule has 0 atom stereocenters. The first kappa shape index (κ1) is 17.3. The largest absolute Gasteiger partial charge is 0.472 e. The number of amides is 1. The van der Waals surface area contributed by atoms with Crippen LogP contribution in [0.3, 0.4) is 0 Å². The first-order valence-electron chi connectivity index (χ1n) is 7.16. The highest BCUT2D eigenvalue weighted by atomic mass is 35.5. The molecule has 1 saturated heterocycles. The van der Waals surface area contributed by atoms with Gasteiger partial charge in [-0.2, -0.15) is 4.31 Å². The van der Waals surface area contributed by atoms with Crippen molar-refractivity contribution in [2.45, 2.75) is 4.90 Å². The van der Waals surface area contributed by atoms with Gasteiger partial charge >= 0.3 is 0 Å². The van der Waals surface area contributed by atoms with Gasteiger partial charge in [0, 0.05) is 26.2 Å². The van der Waals surface area contributed by atoms with Crippen molar-refractivity contribution in [1.82, 2.24) is 9.21 Å². The SMILES string of the molecule is O=C(c1ccoc1)N1CCN(S(=O)(=O)c2ccc(Cl)c(Cl)c2)CC1. The molecule has 1 amide bonds. The summed E-state index contributed by atoms with van der Waals surface area (Å²) in [6.45, 7) is 1.05. The zero-order valence-electron chi connectivity index (χ0n) is 12.5. The minimum atomic E-state index is -3.67. The highest BCUT2D eigenvalue weighted by Crippen LogP contribution is 2.27. The number of nitrogens with zero attached hydrogens (tertiary/aromatic N) is 2. The quantitative estimate of drug-likeness (QED) is 0.810. The number of sulfonamides is 1. The molecule has 1 aliphatic rings. The van der Waals surface area contributed by atoms with Crippen LogP contribution in [-0.2, 0) is 10.0 Å². The maximum atomic E-state index is 12.7. The topological polar surface area (TPSA) is 70.8 Å². The number of piperazine rings is 1. The summed E-state index contributed by atoms with van der Waals surface area (Å²) in [5.74, 6) is -0.171. The number of halogens is 2. The molecule has 0 bridgehead atoms. The van der Waals surface area contributed by atoms with Crippen molar-refractivity contribution in [2.75, 3.05) is 26.2 Å². The first-order valence-corrected chi connectivity index (χ1v) is 9.36. The Balaban J connectivity index is 1.71. The summed E-state index contributed by atoms with van der Waals surface area (Å²) in [5, 5.41) is 0.484. The Hall–Kier alpha value is -1.54. The van der Waals surface area contributed by atoms with Crippen LogP contribution >= 0.6 is 23.2 Å². The number of benzene rings is 1. The fourth-order valence-electron chi connectivity index (χ4n) is 2.49. The molecule has 1 aromatic carbocycles. The summed E-state index contributed by atoms with van der Waals surface area (Å²) in [6, 6.07) is 5.80. The number of hydrogen-bond acceptors (Lipinski definition) is 4. The van der Waals surface area contributed by atoms with Crippen LogP contribution in [0.15, 0.2) is 46.1 Å². The normalized spacial score (nSPS) is 16.3. The Labute approximate surface area is 149 Å². The van der Waals surface area contributed by atoms with Crippen LogP contribution < -0.4 is 0 Å². The van der Waals surface area contributed by atoms with Crippen LogP contribution in [0.5, 0.6) is 0 Å². The summed E-state index contributed by atoms with van der Waals surface area (Å²) in [5.41, 5.74) is 0.454. The maximum absolute atomic E-state index is 12.7. The molecule has 0 saturated carbocycles. The van der Waals surface area contributed by atoms with Gasteiger partial charge in [0.05, 0.1) is 26.8 Å². The Kier molecular flexibility index (Phi) is 4.87. The molecule has 0 spiro atoms. The Morgan fingerprint density at radius 3 is 2.33 bits per heavy atom. The maximum Gasteiger partial charge on any atom is 0.257 e. The van der Waals surface area contributed by atoms with E-state index in [2.05, 4.69) is 0 Å². The molecule has 24 heavy (non-hydrogen) atoms. The first-order chi connectivity index (χ1) is 11.4. The molecule has 3 rings (SSSR count). The minimum Gasteiger partial charge on any atom is -0.472 e. The standard InChI is InChI=1S/C15H14Cl2N2O4S/c16-13-2-1-12(9-14(13)17)24(21,22)19-6-4-18(5-7-19)15(20)11-3-8-23-10-11/h1-3,8-10H,4-7H2. The van der Waals surface area contributed by atoms with Crippen LogP contribution in [0, 0.1) is 0 Å². The molecule has 0 N–H and O–H groups in total. The summed E-state index contributed by atoms with van der Waals surface area (Å²) in [7, 11) is -3.67. The van der Waals surface area contributed by atoms with Crippen LogP contribution in [0.2, 0.25) is 10.0 Å². The van der Waals surface area contributed by atoms with E-state index < -0.39 is 10.0 Å². The van der Waals surface area contributed by atoms with Crippen molar-refractivity contribution in [3.8, 4) is 0 Å². The number of furan rings is 1. The van der Waals surface area contributed by atoms with Crippen molar-refractivity contribution in [2.24, 2.45) is 0 Å². The summed E-state index contributed by atoms with van der Waals surface area (Å²) < 4.78 is 31.6. The van der Waals surface area contributed by atoms with Gasteiger partial charge in [-0.3, -0.25) is 4.79 Å². The molecule has 0 aliphatic carbocycles. The lowest BCUT2D eigenvalue weighted by atomic mass is 10.2. The van der Waals surface area contributed by atoms with Crippen molar-refractivity contribution in [3.05, 3.63) is 52.4 Å². The molecular formula is C15H14Cl2N2O4S. The minimum absolute atomic E-state index is 0.0894. The molecule has 1 aliphatic heterocycles. The molecule has 1 fully saturated rings.